The number of hydrogen-bond acceptors (Lipinski definition) is 4. The Balaban J connectivity index is 1.74. The molecule has 1 saturated heterocycles. The number of ether oxygens (including phenoxy) is 1. The van der Waals surface area contributed by atoms with Gasteiger partial charge in [-0.2, -0.15) is 0 Å². The van der Waals surface area contributed by atoms with E-state index in [2.05, 4.69) is 48.0 Å². The van der Waals surface area contributed by atoms with E-state index in [-0.39, 0.29) is 11.9 Å². The molecule has 1 atom stereocenters. The van der Waals surface area contributed by atoms with E-state index in [4.69, 9.17) is 4.74 Å². The van der Waals surface area contributed by atoms with Crippen LogP contribution in [0, 0.1) is 11.8 Å². The number of likely N-dealkylation sites (N-methyl/N-ethyl adjacent to an activating group) is 1. The molecule has 1 aliphatic heterocycles. The van der Waals surface area contributed by atoms with E-state index in [1.165, 1.54) is 5.56 Å². The van der Waals surface area contributed by atoms with Gasteiger partial charge >= 0.3 is 0 Å². The molecule has 5 nitrogen and oxygen atoms in total. The van der Waals surface area contributed by atoms with E-state index in [0.29, 0.717) is 17.5 Å². The maximum Gasteiger partial charge on any atom is 0.272 e. The molecule has 1 unspecified atom stereocenters. The molecule has 5 heteroatoms. The predicted octanol–water partition coefficient (Wildman–Crippen LogP) is 4.70. The molecule has 0 saturated carbocycles. The van der Waals surface area contributed by atoms with E-state index in [1.807, 2.05) is 36.2 Å². The maximum atomic E-state index is 13.2. The Labute approximate surface area is 193 Å². The molecule has 0 aliphatic carbocycles. The van der Waals surface area contributed by atoms with Crippen LogP contribution in [-0.2, 0) is 6.42 Å². The second-order valence-corrected chi connectivity index (χ2v) is 9.06. The van der Waals surface area contributed by atoms with Crippen LogP contribution in [0.25, 0.3) is 0 Å². The third-order valence-electron chi connectivity index (χ3n) is 6.34. The zero-order chi connectivity index (χ0) is 22.9. The van der Waals surface area contributed by atoms with E-state index >= 15 is 0 Å². The number of pyridine rings is 1. The smallest absolute Gasteiger partial charge is 0.272 e. The molecule has 0 radical (unpaired) electrons. The van der Waals surface area contributed by atoms with Crippen LogP contribution in [0.3, 0.4) is 0 Å². The van der Waals surface area contributed by atoms with Gasteiger partial charge in [0, 0.05) is 25.8 Å². The molecule has 3 rings (SSSR count). The van der Waals surface area contributed by atoms with Crippen LogP contribution in [0.1, 0.15) is 42.7 Å². The lowest BCUT2D eigenvalue weighted by molar-refractivity contribution is 0.0593. The average molecular weight is 436 g/mol. The maximum absolute atomic E-state index is 13.2. The van der Waals surface area contributed by atoms with Crippen LogP contribution in [-0.4, -0.2) is 60.5 Å². The molecule has 32 heavy (non-hydrogen) atoms. The number of benzene rings is 1. The van der Waals surface area contributed by atoms with Crippen LogP contribution in [0.2, 0.25) is 0 Å². The van der Waals surface area contributed by atoms with Crippen LogP contribution in [0.4, 0.5) is 0 Å². The number of piperidine rings is 1. The van der Waals surface area contributed by atoms with Gasteiger partial charge in [-0.3, -0.25) is 14.7 Å². The summed E-state index contributed by atoms with van der Waals surface area (Å²) in [5.74, 6) is 1.88. The summed E-state index contributed by atoms with van der Waals surface area (Å²) in [6, 6.07) is 13.8. The summed E-state index contributed by atoms with van der Waals surface area (Å²) in [7, 11) is 3.62. The van der Waals surface area contributed by atoms with Crippen molar-refractivity contribution in [3.63, 3.8) is 0 Å². The molecule has 172 valence electrons. The summed E-state index contributed by atoms with van der Waals surface area (Å²) in [5.41, 5.74) is 1.69. The Bertz CT molecular complexity index is 873. The van der Waals surface area contributed by atoms with Crippen molar-refractivity contribution in [3.8, 4) is 5.75 Å². The fraction of sp³-hybridized carbons (Fsp3) is 0.481. The lowest BCUT2D eigenvalue weighted by Gasteiger charge is -2.40. The molecular formula is C27H37N3O2. The van der Waals surface area contributed by atoms with Gasteiger partial charge in [-0.15, -0.1) is 0 Å². The first-order valence-corrected chi connectivity index (χ1v) is 11.7. The first kappa shape index (κ1) is 24.0. The molecule has 1 aromatic carbocycles. The standard InChI is InChI=1S/C27H37N3O2/c1-21(2)9-8-16-30-17-13-23(14-18-30)26(20-22-10-7-11-24(19-22)32-4)29(3)27(31)25-12-5-6-15-28-25/h5-12,15,19,21,23,26H,13-14,16-18,20H2,1-4H3. The highest BCUT2D eigenvalue weighted by Gasteiger charge is 2.32. The first-order valence-electron chi connectivity index (χ1n) is 11.7. The number of amides is 1. The fourth-order valence-corrected chi connectivity index (χ4v) is 4.48. The average Bonchev–Trinajstić information content (AvgIpc) is 2.82. The zero-order valence-corrected chi connectivity index (χ0v) is 19.9. The highest BCUT2D eigenvalue weighted by atomic mass is 16.5. The minimum Gasteiger partial charge on any atom is -0.497 e. The predicted molar refractivity (Wildman–Crippen MR) is 130 cm³/mol. The van der Waals surface area contributed by atoms with Gasteiger partial charge in [0.15, 0.2) is 0 Å². The number of hydrogen-bond donors (Lipinski definition) is 0. The van der Waals surface area contributed by atoms with Crippen molar-refractivity contribution < 1.29 is 9.53 Å². The highest BCUT2D eigenvalue weighted by molar-refractivity contribution is 5.92. The van der Waals surface area contributed by atoms with Crippen molar-refractivity contribution in [1.29, 1.82) is 0 Å². The first-order chi connectivity index (χ1) is 15.5. The summed E-state index contributed by atoms with van der Waals surface area (Å²) in [4.78, 5) is 22.0. The van der Waals surface area contributed by atoms with E-state index in [0.717, 1.165) is 44.6 Å². The summed E-state index contributed by atoms with van der Waals surface area (Å²) in [5, 5.41) is 0. The fourth-order valence-electron chi connectivity index (χ4n) is 4.48. The Morgan fingerprint density at radius 3 is 2.66 bits per heavy atom. The zero-order valence-electron chi connectivity index (χ0n) is 19.9. The summed E-state index contributed by atoms with van der Waals surface area (Å²) in [6.07, 6.45) is 9.23. The number of allylic oxidation sites excluding steroid dienone is 1. The largest absolute Gasteiger partial charge is 0.497 e. The van der Waals surface area contributed by atoms with Crippen molar-refractivity contribution in [1.82, 2.24) is 14.8 Å². The number of carbonyl (C=O) groups is 1. The van der Waals surface area contributed by atoms with Gasteiger partial charge in [-0.05, 0) is 74.0 Å². The van der Waals surface area contributed by atoms with Gasteiger partial charge < -0.3 is 9.64 Å². The van der Waals surface area contributed by atoms with Crippen LogP contribution in [0.5, 0.6) is 5.75 Å². The minimum atomic E-state index is -0.0132. The molecule has 2 heterocycles. The van der Waals surface area contributed by atoms with Gasteiger partial charge in [0.05, 0.1) is 7.11 Å². The molecule has 0 bridgehead atoms. The van der Waals surface area contributed by atoms with Crippen LogP contribution in [0.15, 0.2) is 60.8 Å². The van der Waals surface area contributed by atoms with Crippen molar-refractivity contribution in [2.24, 2.45) is 11.8 Å². The monoisotopic (exact) mass is 435 g/mol. The second kappa shape index (κ2) is 11.8. The van der Waals surface area contributed by atoms with Gasteiger partial charge in [-0.25, -0.2) is 0 Å². The molecular weight excluding hydrogens is 398 g/mol. The Kier molecular flexibility index (Phi) is 8.86. The molecule has 1 fully saturated rings. The summed E-state index contributed by atoms with van der Waals surface area (Å²) >= 11 is 0. The molecule has 1 aromatic heterocycles. The number of rotatable bonds is 9. The van der Waals surface area contributed by atoms with Gasteiger partial charge in [0.1, 0.15) is 11.4 Å². The van der Waals surface area contributed by atoms with Gasteiger partial charge in [0.25, 0.3) is 5.91 Å². The Hall–Kier alpha value is -2.66. The molecule has 1 amide bonds. The third kappa shape index (κ3) is 6.67. The SMILES string of the molecule is COc1cccc(CC(C2CCN(CC=CC(C)C)CC2)N(C)C(=O)c2ccccn2)c1. The Morgan fingerprint density at radius 2 is 2.00 bits per heavy atom. The highest BCUT2D eigenvalue weighted by Crippen LogP contribution is 2.28. The van der Waals surface area contributed by atoms with Crippen molar-refractivity contribution >= 4 is 5.91 Å². The third-order valence-corrected chi connectivity index (χ3v) is 6.34. The summed E-state index contributed by atoms with van der Waals surface area (Å²) in [6.45, 7) is 7.55. The minimum absolute atomic E-state index is 0.0132. The van der Waals surface area contributed by atoms with Gasteiger partial charge in [0.2, 0.25) is 0 Å². The second-order valence-electron chi connectivity index (χ2n) is 9.06. The molecule has 1 aliphatic rings. The summed E-state index contributed by atoms with van der Waals surface area (Å²) < 4.78 is 5.42. The lowest BCUT2D eigenvalue weighted by atomic mass is 9.84. The number of carbonyl (C=O) groups excluding carboxylic acids is 1. The topological polar surface area (TPSA) is 45.7 Å². The molecule has 2 aromatic rings. The quantitative estimate of drug-likeness (QED) is 0.536. The van der Waals surface area contributed by atoms with Crippen molar-refractivity contribution in [2.75, 3.05) is 33.8 Å². The van der Waals surface area contributed by atoms with Crippen LogP contribution >= 0.6 is 0 Å². The number of likely N-dealkylation sites (tertiary alicyclic amines) is 1. The Morgan fingerprint density at radius 1 is 1.22 bits per heavy atom. The van der Waals surface area contributed by atoms with E-state index < -0.39 is 0 Å². The molecule has 0 N–H and O–H groups in total. The normalized spacial score (nSPS) is 16.4. The number of methoxy groups -OCH3 is 1. The van der Waals surface area contributed by atoms with E-state index in [9.17, 15) is 4.79 Å². The number of aromatic nitrogens is 1. The van der Waals surface area contributed by atoms with E-state index in [1.54, 1.807) is 19.4 Å². The number of nitrogens with zero attached hydrogens (tertiary/aromatic N) is 3. The van der Waals surface area contributed by atoms with Gasteiger partial charge in [-0.1, -0.05) is 44.2 Å². The van der Waals surface area contributed by atoms with Crippen molar-refractivity contribution in [3.05, 3.63) is 72.1 Å². The van der Waals surface area contributed by atoms with Crippen molar-refractivity contribution in [2.45, 2.75) is 39.2 Å². The van der Waals surface area contributed by atoms with Crippen LogP contribution < -0.4 is 4.74 Å². The molecule has 0 spiro atoms. The lowest BCUT2D eigenvalue weighted by Crippen LogP contribution is -2.47.